The lowest BCUT2D eigenvalue weighted by molar-refractivity contribution is -0.145. The first-order valence-electron chi connectivity index (χ1n) is 4.53. The van der Waals surface area contributed by atoms with E-state index in [2.05, 4.69) is 4.74 Å². The maximum atomic E-state index is 11.2. The molecule has 0 bridgehead atoms. The van der Waals surface area contributed by atoms with E-state index in [0.717, 1.165) is 12.8 Å². The first-order chi connectivity index (χ1) is 6.22. The molecule has 0 amide bonds. The zero-order chi connectivity index (χ0) is 9.84. The summed E-state index contributed by atoms with van der Waals surface area (Å²) in [6, 6.07) is 0. The topological polar surface area (TPSA) is 61.5 Å². The quantitative estimate of drug-likeness (QED) is 0.639. The fourth-order valence-corrected chi connectivity index (χ4v) is 1.98. The summed E-state index contributed by atoms with van der Waals surface area (Å²) in [5, 5.41) is 0. The molecule has 1 aliphatic rings. The highest BCUT2D eigenvalue weighted by Crippen LogP contribution is 2.33. The predicted octanol–water partition coefficient (Wildman–Crippen LogP) is 0.159. The second-order valence-electron chi connectivity index (χ2n) is 3.46. The molecule has 1 fully saturated rings. The molecule has 4 nitrogen and oxygen atoms in total. The van der Waals surface area contributed by atoms with E-state index in [4.69, 9.17) is 10.5 Å². The largest absolute Gasteiger partial charge is 0.469 e. The molecule has 0 aromatic rings. The molecular formula is C9H17NO3. The number of carbonyl (C=O) groups excluding carboxylic acids is 1. The molecule has 2 N–H and O–H groups in total. The SMILES string of the molecule is COC(=O)[C@H]1C[C@H](CN)[C@@H](OC)C1. The fraction of sp³-hybridized carbons (Fsp3) is 0.889. The molecule has 76 valence electrons. The summed E-state index contributed by atoms with van der Waals surface area (Å²) in [5.41, 5.74) is 5.57. The van der Waals surface area contributed by atoms with Crippen molar-refractivity contribution in [1.82, 2.24) is 0 Å². The number of hydrogen-bond donors (Lipinski definition) is 1. The van der Waals surface area contributed by atoms with Crippen LogP contribution in [0.1, 0.15) is 12.8 Å². The van der Waals surface area contributed by atoms with Crippen molar-refractivity contribution in [2.45, 2.75) is 18.9 Å². The molecular weight excluding hydrogens is 170 g/mol. The van der Waals surface area contributed by atoms with Gasteiger partial charge in [0.2, 0.25) is 0 Å². The summed E-state index contributed by atoms with van der Waals surface area (Å²) in [6.07, 6.45) is 1.65. The van der Waals surface area contributed by atoms with Crippen molar-refractivity contribution in [3.63, 3.8) is 0 Å². The van der Waals surface area contributed by atoms with Crippen LogP contribution < -0.4 is 5.73 Å². The van der Waals surface area contributed by atoms with Gasteiger partial charge in [0, 0.05) is 7.11 Å². The average molecular weight is 187 g/mol. The van der Waals surface area contributed by atoms with Gasteiger partial charge in [0.05, 0.1) is 19.1 Å². The van der Waals surface area contributed by atoms with E-state index >= 15 is 0 Å². The maximum absolute atomic E-state index is 11.2. The summed E-state index contributed by atoms with van der Waals surface area (Å²) >= 11 is 0. The van der Waals surface area contributed by atoms with E-state index in [0.29, 0.717) is 12.5 Å². The highest BCUT2D eigenvalue weighted by Gasteiger charge is 2.37. The summed E-state index contributed by atoms with van der Waals surface area (Å²) in [6.45, 7) is 0.575. The van der Waals surface area contributed by atoms with Crippen LogP contribution >= 0.6 is 0 Å². The van der Waals surface area contributed by atoms with Crippen molar-refractivity contribution in [3.8, 4) is 0 Å². The van der Waals surface area contributed by atoms with Crippen molar-refractivity contribution in [2.24, 2.45) is 17.6 Å². The normalized spacial score (nSPS) is 33.3. The molecule has 3 atom stereocenters. The van der Waals surface area contributed by atoms with Crippen LogP contribution in [0, 0.1) is 11.8 Å². The average Bonchev–Trinajstić information content (AvgIpc) is 2.59. The van der Waals surface area contributed by atoms with Crippen molar-refractivity contribution >= 4 is 5.97 Å². The Morgan fingerprint density at radius 2 is 2.15 bits per heavy atom. The van der Waals surface area contributed by atoms with E-state index in [9.17, 15) is 4.79 Å². The lowest BCUT2D eigenvalue weighted by Crippen LogP contribution is -2.23. The second kappa shape index (κ2) is 4.58. The molecule has 0 spiro atoms. The zero-order valence-electron chi connectivity index (χ0n) is 8.16. The Labute approximate surface area is 78.4 Å². The van der Waals surface area contributed by atoms with Crippen LogP contribution in [-0.2, 0) is 14.3 Å². The Kier molecular flexibility index (Phi) is 3.69. The molecule has 0 aromatic carbocycles. The number of rotatable bonds is 3. The van der Waals surface area contributed by atoms with Crippen molar-refractivity contribution in [1.29, 1.82) is 0 Å². The van der Waals surface area contributed by atoms with E-state index in [1.165, 1.54) is 7.11 Å². The van der Waals surface area contributed by atoms with Gasteiger partial charge in [-0.3, -0.25) is 4.79 Å². The molecule has 1 saturated carbocycles. The van der Waals surface area contributed by atoms with Crippen LogP contribution in [0.2, 0.25) is 0 Å². The molecule has 13 heavy (non-hydrogen) atoms. The molecule has 0 aliphatic heterocycles. The monoisotopic (exact) mass is 187 g/mol. The summed E-state index contributed by atoms with van der Waals surface area (Å²) in [4.78, 5) is 11.2. The third-order valence-electron chi connectivity index (χ3n) is 2.77. The lowest BCUT2D eigenvalue weighted by Gasteiger charge is -2.14. The molecule has 1 aliphatic carbocycles. The Morgan fingerprint density at radius 3 is 2.54 bits per heavy atom. The van der Waals surface area contributed by atoms with E-state index in [1.807, 2.05) is 0 Å². The highest BCUT2D eigenvalue weighted by atomic mass is 16.5. The van der Waals surface area contributed by atoms with E-state index in [1.54, 1.807) is 7.11 Å². The molecule has 0 unspecified atom stereocenters. The van der Waals surface area contributed by atoms with Crippen LogP contribution in [0.3, 0.4) is 0 Å². The van der Waals surface area contributed by atoms with Crippen molar-refractivity contribution < 1.29 is 14.3 Å². The van der Waals surface area contributed by atoms with Crippen LogP contribution in [0.15, 0.2) is 0 Å². The van der Waals surface area contributed by atoms with Crippen LogP contribution in [0.4, 0.5) is 0 Å². The van der Waals surface area contributed by atoms with Crippen LogP contribution in [0.5, 0.6) is 0 Å². The Balaban J connectivity index is 2.52. The molecule has 0 radical (unpaired) electrons. The van der Waals surface area contributed by atoms with Crippen molar-refractivity contribution in [3.05, 3.63) is 0 Å². The summed E-state index contributed by atoms with van der Waals surface area (Å²) in [5.74, 6) is 0.135. The van der Waals surface area contributed by atoms with Gasteiger partial charge < -0.3 is 15.2 Å². The van der Waals surface area contributed by atoms with E-state index < -0.39 is 0 Å². The molecule has 1 rings (SSSR count). The minimum Gasteiger partial charge on any atom is -0.469 e. The van der Waals surface area contributed by atoms with Gasteiger partial charge in [-0.25, -0.2) is 0 Å². The molecule has 0 saturated heterocycles. The smallest absolute Gasteiger partial charge is 0.308 e. The van der Waals surface area contributed by atoms with Gasteiger partial charge in [0.1, 0.15) is 0 Å². The number of esters is 1. The van der Waals surface area contributed by atoms with Gasteiger partial charge in [0.25, 0.3) is 0 Å². The van der Waals surface area contributed by atoms with Gasteiger partial charge in [-0.15, -0.1) is 0 Å². The number of ether oxygens (including phenoxy) is 2. The standard InChI is InChI=1S/C9H17NO3/c1-12-8-4-6(9(11)13-2)3-7(8)5-10/h6-8H,3-5,10H2,1-2H3/t6-,7+,8-/m0/s1. The first kappa shape index (κ1) is 10.5. The van der Waals surface area contributed by atoms with Gasteiger partial charge in [-0.2, -0.15) is 0 Å². The first-order valence-corrected chi connectivity index (χ1v) is 4.53. The van der Waals surface area contributed by atoms with Gasteiger partial charge in [-0.1, -0.05) is 0 Å². The third-order valence-corrected chi connectivity index (χ3v) is 2.77. The number of carbonyl (C=O) groups is 1. The highest BCUT2D eigenvalue weighted by molar-refractivity contribution is 5.72. The fourth-order valence-electron chi connectivity index (χ4n) is 1.98. The predicted molar refractivity (Wildman–Crippen MR) is 48.1 cm³/mol. The molecule has 0 heterocycles. The minimum atomic E-state index is -0.141. The van der Waals surface area contributed by atoms with Crippen LogP contribution in [0.25, 0.3) is 0 Å². The minimum absolute atomic E-state index is 0.0245. The Morgan fingerprint density at radius 1 is 1.46 bits per heavy atom. The zero-order valence-corrected chi connectivity index (χ0v) is 8.16. The number of nitrogens with two attached hydrogens (primary N) is 1. The summed E-state index contributed by atoms with van der Waals surface area (Å²) < 4.78 is 9.94. The Hall–Kier alpha value is -0.610. The van der Waals surface area contributed by atoms with Gasteiger partial charge in [0.15, 0.2) is 0 Å². The lowest BCUT2D eigenvalue weighted by atomic mass is 10.1. The number of methoxy groups -OCH3 is 2. The van der Waals surface area contributed by atoms with Gasteiger partial charge in [-0.05, 0) is 25.3 Å². The van der Waals surface area contributed by atoms with Gasteiger partial charge >= 0.3 is 5.97 Å². The molecule has 4 heteroatoms. The number of hydrogen-bond acceptors (Lipinski definition) is 4. The Bertz CT molecular complexity index is 172. The summed E-state index contributed by atoms with van der Waals surface area (Å²) in [7, 11) is 3.08. The third kappa shape index (κ3) is 2.19. The van der Waals surface area contributed by atoms with Crippen molar-refractivity contribution in [2.75, 3.05) is 20.8 Å². The van der Waals surface area contributed by atoms with Crippen LogP contribution in [-0.4, -0.2) is 32.8 Å². The second-order valence-corrected chi connectivity index (χ2v) is 3.46. The molecule has 0 aromatic heterocycles. The van der Waals surface area contributed by atoms with E-state index in [-0.39, 0.29) is 18.0 Å². The maximum Gasteiger partial charge on any atom is 0.308 e.